The number of amides is 1. The van der Waals surface area contributed by atoms with Crippen molar-refractivity contribution in [3.8, 4) is 11.4 Å². The fourth-order valence-electron chi connectivity index (χ4n) is 4.18. The summed E-state index contributed by atoms with van der Waals surface area (Å²) in [6.07, 6.45) is -5.85. The number of β-amino-alcohol motifs (C(OH)–C–C–N with tert-alkyl or cyclic N) is 1. The number of fused-ring (bicyclic) bond motifs is 1. The SMILES string of the molecule is CC[C@@H](NC(=O)Oc1cn(-c2c(F)cc(F)cc2F)c2nc(N3CCC(C)(O)C3)ccc2c1=O)C(F)(F)F. The summed E-state index contributed by atoms with van der Waals surface area (Å²) < 4.78 is 87.8. The van der Waals surface area contributed by atoms with E-state index < -0.39 is 64.7 Å². The molecule has 1 amide bonds. The fourth-order valence-corrected chi connectivity index (χ4v) is 4.18. The van der Waals surface area contributed by atoms with Gasteiger partial charge in [0.2, 0.25) is 5.43 Å². The molecule has 1 aromatic carbocycles. The minimum atomic E-state index is -4.79. The van der Waals surface area contributed by atoms with Gasteiger partial charge in [-0.25, -0.2) is 22.9 Å². The van der Waals surface area contributed by atoms with Gasteiger partial charge < -0.3 is 20.1 Å². The molecular weight excluding hydrogens is 522 g/mol. The number of anilines is 1. The molecule has 2 aromatic heterocycles. The summed E-state index contributed by atoms with van der Waals surface area (Å²) >= 11 is 0. The number of halogens is 6. The number of nitrogens with zero attached hydrogens (tertiary/aromatic N) is 3. The molecule has 14 heteroatoms. The number of aromatic nitrogens is 2. The Labute approximate surface area is 211 Å². The highest BCUT2D eigenvalue weighted by Gasteiger charge is 2.40. The zero-order chi connectivity index (χ0) is 28.0. The lowest BCUT2D eigenvalue weighted by molar-refractivity contribution is -0.154. The van der Waals surface area contributed by atoms with Crippen LogP contribution in [0.15, 0.2) is 35.3 Å². The number of alkyl halides is 3. The third kappa shape index (κ3) is 5.39. The van der Waals surface area contributed by atoms with Gasteiger partial charge >= 0.3 is 12.3 Å². The second-order valence-corrected chi connectivity index (χ2v) is 9.16. The Morgan fingerprint density at radius 1 is 1.24 bits per heavy atom. The first-order chi connectivity index (χ1) is 17.7. The fraction of sp³-hybridized carbons (Fsp3) is 0.375. The van der Waals surface area contributed by atoms with E-state index in [1.807, 2.05) is 0 Å². The van der Waals surface area contributed by atoms with Crippen LogP contribution in [0.4, 0.5) is 37.0 Å². The molecule has 4 rings (SSSR count). The van der Waals surface area contributed by atoms with Crippen molar-refractivity contribution in [1.82, 2.24) is 14.9 Å². The molecule has 0 bridgehead atoms. The maximum Gasteiger partial charge on any atom is 0.413 e. The molecular formula is C24H22F6N4O4. The predicted octanol–water partition coefficient (Wildman–Crippen LogP) is 4.19. The minimum absolute atomic E-state index is 0.175. The highest BCUT2D eigenvalue weighted by molar-refractivity contribution is 5.81. The quantitative estimate of drug-likeness (QED) is 0.468. The molecule has 1 fully saturated rings. The van der Waals surface area contributed by atoms with Gasteiger partial charge in [-0.15, -0.1) is 0 Å². The van der Waals surface area contributed by atoms with Gasteiger partial charge in [0.15, 0.2) is 23.0 Å². The average Bonchev–Trinajstić information content (AvgIpc) is 3.18. The molecule has 0 aliphatic carbocycles. The van der Waals surface area contributed by atoms with Crippen LogP contribution >= 0.6 is 0 Å². The Morgan fingerprint density at radius 2 is 1.89 bits per heavy atom. The molecule has 204 valence electrons. The van der Waals surface area contributed by atoms with Crippen molar-refractivity contribution >= 4 is 22.9 Å². The van der Waals surface area contributed by atoms with Gasteiger partial charge in [-0.2, -0.15) is 13.2 Å². The number of nitrogens with one attached hydrogen (secondary N) is 1. The first-order valence-corrected chi connectivity index (χ1v) is 11.4. The van der Waals surface area contributed by atoms with Crippen molar-refractivity contribution in [2.24, 2.45) is 0 Å². The largest absolute Gasteiger partial charge is 0.413 e. The molecule has 3 aromatic rings. The molecule has 8 nitrogen and oxygen atoms in total. The monoisotopic (exact) mass is 544 g/mol. The smallest absolute Gasteiger partial charge is 0.405 e. The third-order valence-electron chi connectivity index (χ3n) is 6.10. The lowest BCUT2D eigenvalue weighted by atomic mass is 10.1. The van der Waals surface area contributed by atoms with E-state index >= 15 is 0 Å². The number of carbonyl (C=O) groups excluding carboxylic acids is 1. The van der Waals surface area contributed by atoms with Crippen LogP contribution in [-0.4, -0.2) is 51.7 Å². The zero-order valence-corrected chi connectivity index (χ0v) is 20.1. The van der Waals surface area contributed by atoms with E-state index in [1.54, 1.807) is 17.1 Å². The highest BCUT2D eigenvalue weighted by atomic mass is 19.4. The number of rotatable bonds is 5. The van der Waals surface area contributed by atoms with Crippen molar-refractivity contribution in [3.63, 3.8) is 0 Å². The summed E-state index contributed by atoms with van der Waals surface area (Å²) in [4.78, 5) is 31.3. The Balaban J connectivity index is 1.86. The van der Waals surface area contributed by atoms with Gasteiger partial charge in [-0.3, -0.25) is 9.36 Å². The van der Waals surface area contributed by atoms with Crippen LogP contribution in [0.2, 0.25) is 0 Å². The number of hydrogen-bond donors (Lipinski definition) is 2. The number of benzene rings is 1. The Bertz CT molecular complexity index is 1430. The van der Waals surface area contributed by atoms with E-state index in [0.717, 1.165) is 0 Å². The predicted molar refractivity (Wildman–Crippen MR) is 124 cm³/mol. The Hall–Kier alpha value is -3.81. The van der Waals surface area contributed by atoms with Gasteiger partial charge in [0.05, 0.1) is 17.2 Å². The molecule has 1 aliphatic rings. The van der Waals surface area contributed by atoms with Crippen LogP contribution in [0.25, 0.3) is 16.7 Å². The van der Waals surface area contributed by atoms with Gasteiger partial charge in [0.25, 0.3) is 0 Å². The number of aliphatic hydroxyl groups is 1. The first-order valence-electron chi connectivity index (χ1n) is 11.4. The summed E-state index contributed by atoms with van der Waals surface area (Å²) in [7, 11) is 0. The van der Waals surface area contributed by atoms with Crippen molar-refractivity contribution in [2.45, 2.75) is 44.5 Å². The molecule has 1 unspecified atom stereocenters. The molecule has 0 saturated carbocycles. The summed E-state index contributed by atoms with van der Waals surface area (Å²) in [6, 6.07) is 1.12. The summed E-state index contributed by atoms with van der Waals surface area (Å²) in [5.74, 6) is -4.61. The van der Waals surface area contributed by atoms with E-state index in [0.29, 0.717) is 35.9 Å². The van der Waals surface area contributed by atoms with Crippen molar-refractivity contribution < 1.29 is 41.0 Å². The lowest BCUT2D eigenvalue weighted by Crippen LogP contribution is -2.46. The van der Waals surface area contributed by atoms with Crippen LogP contribution in [0.3, 0.4) is 0 Å². The Kier molecular flexibility index (Phi) is 7.03. The number of pyridine rings is 2. The average molecular weight is 544 g/mol. The van der Waals surface area contributed by atoms with Crippen LogP contribution in [0.1, 0.15) is 26.7 Å². The standard InChI is InChI=1S/C24H22F6N4O4/c1-3-17(24(28,29)30)31-22(36)38-16-10-34(19-14(26)8-12(25)9-15(19)27)21-13(20(16)35)4-5-18(32-21)33-7-6-23(2,37)11-33/h4-5,8-10,17,37H,3,6-7,11H2,1-2H3,(H,31,36)/t17-,23?/m1/s1. The van der Waals surface area contributed by atoms with Crippen molar-refractivity contribution in [3.05, 3.63) is 58.1 Å². The van der Waals surface area contributed by atoms with Crippen LogP contribution in [0, 0.1) is 17.5 Å². The van der Waals surface area contributed by atoms with Gasteiger partial charge in [-0.1, -0.05) is 6.92 Å². The molecule has 3 heterocycles. The second kappa shape index (κ2) is 9.82. The van der Waals surface area contributed by atoms with Gasteiger partial charge in [-0.05, 0) is 31.9 Å². The van der Waals surface area contributed by atoms with Gasteiger partial charge in [0.1, 0.15) is 23.4 Å². The van der Waals surface area contributed by atoms with Crippen molar-refractivity contribution in [1.29, 1.82) is 0 Å². The molecule has 2 atom stereocenters. The van der Waals surface area contributed by atoms with E-state index in [2.05, 4.69) is 4.98 Å². The summed E-state index contributed by atoms with van der Waals surface area (Å²) in [6.45, 7) is 3.34. The zero-order valence-electron chi connectivity index (χ0n) is 20.1. The Morgan fingerprint density at radius 3 is 2.45 bits per heavy atom. The molecule has 0 spiro atoms. The van der Waals surface area contributed by atoms with E-state index in [-0.39, 0.29) is 23.4 Å². The van der Waals surface area contributed by atoms with Crippen LogP contribution in [0.5, 0.6) is 5.75 Å². The lowest BCUT2D eigenvalue weighted by Gasteiger charge is -2.21. The van der Waals surface area contributed by atoms with Crippen LogP contribution in [-0.2, 0) is 0 Å². The topological polar surface area (TPSA) is 96.7 Å². The number of hydrogen-bond acceptors (Lipinski definition) is 6. The van der Waals surface area contributed by atoms with E-state index in [4.69, 9.17) is 4.74 Å². The molecule has 0 radical (unpaired) electrons. The van der Waals surface area contributed by atoms with Crippen LogP contribution < -0.4 is 20.4 Å². The third-order valence-corrected chi connectivity index (χ3v) is 6.10. The van der Waals surface area contributed by atoms with Gasteiger partial charge in [0, 0.05) is 25.2 Å². The van der Waals surface area contributed by atoms with Crippen molar-refractivity contribution in [2.75, 3.05) is 18.0 Å². The first kappa shape index (κ1) is 27.2. The normalized spacial score (nSPS) is 18.6. The van der Waals surface area contributed by atoms with E-state index in [1.165, 1.54) is 19.1 Å². The van der Waals surface area contributed by atoms with E-state index in [9.17, 15) is 41.0 Å². The second-order valence-electron chi connectivity index (χ2n) is 9.16. The molecule has 1 saturated heterocycles. The summed E-state index contributed by atoms with van der Waals surface area (Å²) in [5, 5.41) is 11.6. The number of carbonyl (C=O) groups is 1. The molecule has 38 heavy (non-hydrogen) atoms. The molecule has 2 N–H and O–H groups in total. The minimum Gasteiger partial charge on any atom is -0.405 e. The molecule has 1 aliphatic heterocycles. The maximum absolute atomic E-state index is 14.8. The summed E-state index contributed by atoms with van der Waals surface area (Å²) in [5.41, 5.74) is -3.20. The highest BCUT2D eigenvalue weighted by Crippen LogP contribution is 2.29. The maximum atomic E-state index is 14.8. The number of ether oxygens (including phenoxy) is 1.